The first-order valence-electron chi connectivity index (χ1n) is 10.5. The zero-order chi connectivity index (χ0) is 24.2. The number of nitrogens with two attached hydrogens (primary N) is 1. The number of carbonyl (C=O) groups is 2. The molecule has 0 aliphatic heterocycles. The third-order valence-corrected chi connectivity index (χ3v) is 6.37. The molecule has 3 N–H and O–H groups in total. The lowest BCUT2D eigenvalue weighted by molar-refractivity contribution is -0.120. The first-order valence-corrected chi connectivity index (χ1v) is 11.4. The maximum atomic E-state index is 13.1. The summed E-state index contributed by atoms with van der Waals surface area (Å²) in [7, 11) is 0. The van der Waals surface area contributed by atoms with E-state index in [1.165, 1.54) is 4.68 Å². The van der Waals surface area contributed by atoms with Crippen LogP contribution in [0.15, 0.2) is 69.0 Å². The van der Waals surface area contributed by atoms with Gasteiger partial charge < -0.3 is 10.2 Å². The van der Waals surface area contributed by atoms with Crippen LogP contribution in [0, 0.1) is 5.92 Å². The zero-order valence-corrected chi connectivity index (χ0v) is 19.3. The molecule has 3 amide bonds. The minimum atomic E-state index is -0.932. The summed E-state index contributed by atoms with van der Waals surface area (Å²) in [6, 6.07) is 15.6. The highest BCUT2D eigenvalue weighted by Gasteiger charge is 2.28. The van der Waals surface area contributed by atoms with E-state index in [9.17, 15) is 14.4 Å². The SMILES string of the molecule is CC(C)C(Sc1nnc(-c2nn(Cc3ccccc3)c(=O)c3ccccc23)o1)C(=O)NC(N)=O. The van der Waals surface area contributed by atoms with Gasteiger partial charge >= 0.3 is 6.03 Å². The van der Waals surface area contributed by atoms with Gasteiger partial charge in [0.25, 0.3) is 16.7 Å². The number of nitrogens with zero attached hydrogens (tertiary/aromatic N) is 4. The summed E-state index contributed by atoms with van der Waals surface area (Å²) in [5.41, 5.74) is 6.11. The minimum Gasteiger partial charge on any atom is -0.409 e. The molecule has 0 aliphatic carbocycles. The van der Waals surface area contributed by atoms with Gasteiger partial charge in [0.15, 0.2) is 5.69 Å². The summed E-state index contributed by atoms with van der Waals surface area (Å²) in [5.74, 6) is -0.586. The molecule has 1 atom stereocenters. The molecule has 0 saturated carbocycles. The van der Waals surface area contributed by atoms with Crippen LogP contribution in [0.1, 0.15) is 19.4 Å². The predicted octanol–water partition coefficient (Wildman–Crippen LogP) is 2.81. The molecule has 0 saturated heterocycles. The molecule has 34 heavy (non-hydrogen) atoms. The summed E-state index contributed by atoms with van der Waals surface area (Å²) >= 11 is 1.02. The Hall–Kier alpha value is -3.99. The van der Waals surface area contributed by atoms with Gasteiger partial charge in [-0.2, -0.15) is 5.10 Å². The van der Waals surface area contributed by atoms with Gasteiger partial charge in [-0.3, -0.25) is 14.9 Å². The lowest BCUT2D eigenvalue weighted by atomic mass is 10.1. The van der Waals surface area contributed by atoms with E-state index in [-0.39, 0.29) is 29.1 Å². The van der Waals surface area contributed by atoms with E-state index in [2.05, 4.69) is 20.6 Å². The van der Waals surface area contributed by atoms with E-state index >= 15 is 0 Å². The fourth-order valence-electron chi connectivity index (χ4n) is 3.40. The number of carbonyl (C=O) groups excluding carboxylic acids is 2. The zero-order valence-electron chi connectivity index (χ0n) is 18.5. The van der Waals surface area contributed by atoms with Gasteiger partial charge in [0, 0.05) is 5.39 Å². The van der Waals surface area contributed by atoms with E-state index in [0.29, 0.717) is 16.5 Å². The van der Waals surface area contributed by atoms with Gasteiger partial charge in [0.05, 0.1) is 17.2 Å². The number of amides is 3. The van der Waals surface area contributed by atoms with Crippen LogP contribution >= 0.6 is 11.8 Å². The molecule has 10 nitrogen and oxygen atoms in total. The van der Waals surface area contributed by atoms with Gasteiger partial charge in [-0.25, -0.2) is 9.48 Å². The maximum Gasteiger partial charge on any atom is 0.318 e. The van der Waals surface area contributed by atoms with Crippen molar-refractivity contribution in [2.75, 3.05) is 0 Å². The molecule has 0 bridgehead atoms. The first-order chi connectivity index (χ1) is 16.3. The van der Waals surface area contributed by atoms with E-state index in [1.54, 1.807) is 24.3 Å². The lowest BCUT2D eigenvalue weighted by Gasteiger charge is -2.16. The van der Waals surface area contributed by atoms with Crippen LogP contribution in [0.4, 0.5) is 4.79 Å². The average molecular weight is 479 g/mol. The number of urea groups is 1. The van der Waals surface area contributed by atoms with Crippen molar-refractivity contribution in [2.45, 2.75) is 30.9 Å². The Morgan fingerprint density at radius 1 is 1.06 bits per heavy atom. The van der Waals surface area contributed by atoms with Gasteiger partial charge in [-0.1, -0.05) is 74.1 Å². The molecule has 1 unspecified atom stereocenters. The Morgan fingerprint density at radius 3 is 2.41 bits per heavy atom. The first kappa shape index (κ1) is 23.2. The van der Waals surface area contributed by atoms with Crippen molar-refractivity contribution >= 4 is 34.5 Å². The van der Waals surface area contributed by atoms with Gasteiger partial charge in [0.2, 0.25) is 5.91 Å². The minimum absolute atomic E-state index is 0.110. The van der Waals surface area contributed by atoms with E-state index in [4.69, 9.17) is 10.2 Å². The Labute approximate surface area is 198 Å². The lowest BCUT2D eigenvalue weighted by Crippen LogP contribution is -2.42. The molecule has 174 valence electrons. The van der Waals surface area contributed by atoms with Crippen LogP contribution in [0.3, 0.4) is 0 Å². The van der Waals surface area contributed by atoms with Crippen LogP contribution < -0.4 is 16.6 Å². The van der Waals surface area contributed by atoms with Crippen LogP contribution in [0.2, 0.25) is 0 Å². The van der Waals surface area contributed by atoms with Crippen LogP contribution in [-0.2, 0) is 11.3 Å². The second-order valence-corrected chi connectivity index (χ2v) is 8.94. The number of thioether (sulfide) groups is 1. The molecule has 2 heterocycles. The quantitative estimate of drug-likeness (QED) is 0.386. The fourth-order valence-corrected chi connectivity index (χ4v) is 4.27. The molecular formula is C23H22N6O4S. The highest BCUT2D eigenvalue weighted by atomic mass is 32.2. The summed E-state index contributed by atoms with van der Waals surface area (Å²) in [5, 5.41) is 15.2. The number of primary amides is 1. The number of hydrogen-bond acceptors (Lipinski definition) is 8. The van der Waals surface area contributed by atoms with Crippen molar-refractivity contribution in [1.82, 2.24) is 25.3 Å². The highest BCUT2D eigenvalue weighted by Crippen LogP contribution is 2.31. The molecule has 0 spiro atoms. The number of fused-ring (bicyclic) bond motifs is 1. The monoisotopic (exact) mass is 478 g/mol. The van der Waals surface area contributed by atoms with Crippen molar-refractivity contribution < 1.29 is 14.0 Å². The van der Waals surface area contributed by atoms with E-state index in [1.807, 2.05) is 44.2 Å². The number of benzene rings is 2. The maximum absolute atomic E-state index is 13.1. The summed E-state index contributed by atoms with van der Waals surface area (Å²) < 4.78 is 7.19. The van der Waals surface area contributed by atoms with E-state index in [0.717, 1.165) is 17.3 Å². The normalized spacial score (nSPS) is 12.1. The Bertz CT molecular complexity index is 1400. The number of imide groups is 1. The van der Waals surface area contributed by atoms with Crippen molar-refractivity contribution in [3.05, 3.63) is 70.5 Å². The van der Waals surface area contributed by atoms with Crippen molar-refractivity contribution in [1.29, 1.82) is 0 Å². The van der Waals surface area contributed by atoms with Crippen LogP contribution in [0.25, 0.3) is 22.4 Å². The van der Waals surface area contributed by atoms with Gasteiger partial charge in [0.1, 0.15) is 0 Å². The van der Waals surface area contributed by atoms with Crippen LogP contribution in [-0.4, -0.2) is 37.2 Å². The third kappa shape index (κ3) is 4.99. The number of aromatic nitrogens is 4. The third-order valence-electron chi connectivity index (χ3n) is 4.99. The van der Waals surface area contributed by atoms with Gasteiger partial charge in [-0.05, 0) is 17.5 Å². The average Bonchev–Trinajstić information content (AvgIpc) is 3.28. The molecule has 11 heteroatoms. The second-order valence-electron chi connectivity index (χ2n) is 7.85. The molecule has 4 aromatic rings. The summed E-state index contributed by atoms with van der Waals surface area (Å²) in [6.07, 6.45) is 0. The molecule has 2 aromatic heterocycles. The van der Waals surface area contributed by atoms with Crippen molar-refractivity contribution in [3.63, 3.8) is 0 Å². The fraction of sp³-hybridized carbons (Fsp3) is 0.217. The molecule has 0 fully saturated rings. The predicted molar refractivity (Wildman–Crippen MR) is 127 cm³/mol. The standard InChI is InChI=1S/C23H22N6O4S/c1-13(2)18(19(30)25-22(24)32)34-23-27-26-20(33-23)17-15-10-6-7-11-16(15)21(31)29(28-17)12-14-8-4-3-5-9-14/h3-11,13,18H,12H2,1-2H3,(H3,24,25,30,32). The Morgan fingerprint density at radius 2 is 1.74 bits per heavy atom. The summed E-state index contributed by atoms with van der Waals surface area (Å²) in [6.45, 7) is 3.92. The highest BCUT2D eigenvalue weighted by molar-refractivity contribution is 8.00. The number of hydrogen-bond donors (Lipinski definition) is 2. The topological polar surface area (TPSA) is 146 Å². The molecular weight excluding hydrogens is 456 g/mol. The molecule has 2 aromatic carbocycles. The smallest absolute Gasteiger partial charge is 0.318 e. The van der Waals surface area contributed by atoms with Crippen LogP contribution in [0.5, 0.6) is 0 Å². The number of rotatable bonds is 7. The largest absolute Gasteiger partial charge is 0.409 e. The van der Waals surface area contributed by atoms with Gasteiger partial charge in [-0.15, -0.1) is 10.2 Å². The number of nitrogens with one attached hydrogen (secondary N) is 1. The molecule has 0 radical (unpaired) electrons. The summed E-state index contributed by atoms with van der Waals surface area (Å²) in [4.78, 5) is 36.5. The molecule has 4 rings (SSSR count). The van der Waals surface area contributed by atoms with Crippen molar-refractivity contribution in [3.8, 4) is 11.6 Å². The molecule has 0 aliphatic rings. The second kappa shape index (κ2) is 9.87. The Kier molecular flexibility index (Phi) is 6.73. The van der Waals surface area contributed by atoms with E-state index < -0.39 is 17.2 Å². The Balaban J connectivity index is 1.71. The van der Waals surface area contributed by atoms with Crippen molar-refractivity contribution in [2.24, 2.45) is 11.7 Å².